The number of halogens is 2. The Labute approximate surface area is 301 Å². The molecule has 0 radical (unpaired) electrons. The number of hydrogen-bond acceptors (Lipinski definition) is 8. The third-order valence-corrected chi connectivity index (χ3v) is 10.2. The van der Waals surface area contributed by atoms with Crippen molar-refractivity contribution in [2.75, 3.05) is 49.2 Å². The summed E-state index contributed by atoms with van der Waals surface area (Å²) in [7, 11) is 0. The van der Waals surface area contributed by atoms with E-state index in [1.807, 2.05) is 61.9 Å². The molecule has 0 amide bonds. The highest BCUT2D eigenvalue weighted by Gasteiger charge is 2.45. The second-order valence-corrected chi connectivity index (χ2v) is 13.7. The van der Waals surface area contributed by atoms with Gasteiger partial charge in [-0.15, -0.1) is 0 Å². The fourth-order valence-corrected chi connectivity index (χ4v) is 7.06. The smallest absolute Gasteiger partial charge is 0.350 e. The van der Waals surface area contributed by atoms with E-state index in [9.17, 15) is 4.79 Å². The number of ether oxygens (including phenoxy) is 3. The van der Waals surface area contributed by atoms with Crippen LogP contribution in [0.25, 0.3) is 5.69 Å². The van der Waals surface area contributed by atoms with E-state index >= 15 is 0 Å². The third kappa shape index (κ3) is 7.00. The monoisotopic (exact) mass is 717 g/mol. The van der Waals surface area contributed by atoms with Crippen molar-refractivity contribution in [1.82, 2.24) is 23.9 Å². The van der Waals surface area contributed by atoms with Crippen molar-refractivity contribution < 1.29 is 14.2 Å². The molecule has 0 aliphatic carbocycles. The van der Waals surface area contributed by atoms with E-state index in [-0.39, 0.29) is 17.8 Å². The van der Waals surface area contributed by atoms with Gasteiger partial charge in [-0.25, -0.2) is 19.0 Å². The molecule has 3 atom stereocenters. The maximum Gasteiger partial charge on any atom is 0.350 e. The quantitative estimate of drug-likeness (QED) is 0.153. The largest absolute Gasteiger partial charge is 0.491 e. The molecule has 2 aliphatic heterocycles. The molecule has 4 heterocycles. The van der Waals surface area contributed by atoms with Crippen molar-refractivity contribution in [2.24, 2.45) is 0 Å². The Bertz CT molecular complexity index is 1970. The molecule has 50 heavy (non-hydrogen) atoms. The van der Waals surface area contributed by atoms with Gasteiger partial charge >= 0.3 is 5.69 Å². The molecule has 0 unspecified atom stereocenters. The van der Waals surface area contributed by atoms with Gasteiger partial charge in [-0.3, -0.25) is 0 Å². The first kappa shape index (κ1) is 34.2. The van der Waals surface area contributed by atoms with Gasteiger partial charge < -0.3 is 28.6 Å². The lowest BCUT2D eigenvalue weighted by Gasteiger charge is -2.37. The van der Waals surface area contributed by atoms with Gasteiger partial charge in [-0.2, -0.15) is 5.10 Å². The standard InChI is InChI=1S/C37H41Cl2N7O4/c1-4-26(2)46-36(47)45(25-41-46)31-8-6-29(7-9-31)42-17-19-43(20-18-42)30-10-12-32(13-11-30)48-22-33-23-49-37(50-33,24-44-16-15-40-27(44)3)34-14-5-28(38)21-35(34)39/h5-16,21,25-26,33H,4,17-20,22-24H2,1-3H3/t26-,33+,37+/m0/s1. The first-order valence-corrected chi connectivity index (χ1v) is 17.7. The molecule has 2 aromatic heterocycles. The summed E-state index contributed by atoms with van der Waals surface area (Å²) in [5.74, 6) is 0.501. The molecule has 7 rings (SSSR count). The van der Waals surface area contributed by atoms with Gasteiger partial charge in [-0.05, 0) is 80.9 Å². The molecule has 2 aliphatic rings. The number of hydrogen-bond donors (Lipinski definition) is 0. The first-order chi connectivity index (χ1) is 24.2. The Morgan fingerprint density at radius 2 is 1.62 bits per heavy atom. The van der Waals surface area contributed by atoms with Crippen LogP contribution in [0.2, 0.25) is 10.0 Å². The summed E-state index contributed by atoms with van der Waals surface area (Å²) < 4.78 is 24.2. The van der Waals surface area contributed by atoms with E-state index in [2.05, 4.69) is 44.1 Å². The van der Waals surface area contributed by atoms with E-state index in [0.29, 0.717) is 35.4 Å². The number of nitrogens with zero attached hydrogens (tertiary/aromatic N) is 7. The van der Waals surface area contributed by atoms with Gasteiger partial charge in [0.1, 0.15) is 30.6 Å². The van der Waals surface area contributed by atoms with Crippen LogP contribution in [0, 0.1) is 6.92 Å². The SMILES string of the molecule is CC[C@H](C)n1ncn(-c2ccc(N3CCN(c4ccc(OC[C@@H]5CO[C@@](Cn6ccnc6C)(c6ccc(Cl)cc6Cl)O5)cc4)CC3)cc2)c1=O. The maximum atomic E-state index is 12.8. The second kappa shape index (κ2) is 14.5. The molecule has 2 saturated heterocycles. The number of aromatic nitrogens is 5. The number of benzene rings is 3. The fourth-order valence-electron chi connectivity index (χ4n) is 6.51. The Hall–Kier alpha value is -4.29. The molecule has 13 heteroatoms. The summed E-state index contributed by atoms with van der Waals surface area (Å²) in [6.07, 6.45) is 5.79. The molecule has 0 saturated carbocycles. The molecule has 3 aromatic carbocycles. The van der Waals surface area contributed by atoms with E-state index in [0.717, 1.165) is 61.2 Å². The first-order valence-electron chi connectivity index (χ1n) is 17.0. The Morgan fingerprint density at radius 1 is 0.960 bits per heavy atom. The number of piperazine rings is 1. The summed E-state index contributed by atoms with van der Waals surface area (Å²) in [4.78, 5) is 21.9. The van der Waals surface area contributed by atoms with Crippen molar-refractivity contribution in [2.45, 2.75) is 51.7 Å². The van der Waals surface area contributed by atoms with Gasteiger partial charge in [0.25, 0.3) is 0 Å². The highest BCUT2D eigenvalue weighted by molar-refractivity contribution is 6.35. The van der Waals surface area contributed by atoms with E-state index in [4.69, 9.17) is 37.4 Å². The van der Waals surface area contributed by atoms with Crippen molar-refractivity contribution in [3.05, 3.63) is 117 Å². The molecule has 0 bridgehead atoms. The van der Waals surface area contributed by atoms with Gasteiger partial charge in [0, 0.05) is 60.5 Å². The van der Waals surface area contributed by atoms with Gasteiger partial charge in [-0.1, -0.05) is 36.2 Å². The van der Waals surface area contributed by atoms with Gasteiger partial charge in [0.05, 0.1) is 29.9 Å². The van der Waals surface area contributed by atoms with Crippen LogP contribution in [0.1, 0.15) is 37.7 Å². The zero-order valence-electron chi connectivity index (χ0n) is 28.4. The third-order valence-electron chi connectivity index (χ3n) is 9.62. The minimum absolute atomic E-state index is 0.0657. The van der Waals surface area contributed by atoms with Crippen LogP contribution in [0.15, 0.2) is 90.2 Å². The molecule has 0 N–H and O–H groups in total. The Kier molecular flexibility index (Phi) is 9.92. The lowest BCUT2D eigenvalue weighted by Crippen LogP contribution is -2.46. The van der Waals surface area contributed by atoms with Crippen LogP contribution in [-0.4, -0.2) is 69.4 Å². The zero-order chi connectivity index (χ0) is 34.8. The molecular weight excluding hydrogens is 677 g/mol. The van der Waals surface area contributed by atoms with Crippen molar-refractivity contribution in [3.63, 3.8) is 0 Å². The molecular formula is C37H41Cl2N7O4. The van der Waals surface area contributed by atoms with Crippen LogP contribution in [0.3, 0.4) is 0 Å². The summed E-state index contributed by atoms with van der Waals surface area (Å²) in [6, 6.07) is 21.7. The van der Waals surface area contributed by atoms with Crippen LogP contribution in [-0.2, 0) is 21.8 Å². The van der Waals surface area contributed by atoms with Gasteiger partial charge in [0.2, 0.25) is 5.79 Å². The van der Waals surface area contributed by atoms with Crippen LogP contribution < -0.4 is 20.2 Å². The van der Waals surface area contributed by atoms with Crippen molar-refractivity contribution >= 4 is 34.6 Å². The Morgan fingerprint density at radius 3 is 2.24 bits per heavy atom. The highest BCUT2D eigenvalue weighted by Crippen LogP contribution is 2.41. The predicted octanol–water partition coefficient (Wildman–Crippen LogP) is 6.49. The lowest BCUT2D eigenvalue weighted by molar-refractivity contribution is -0.189. The average molecular weight is 719 g/mol. The molecule has 262 valence electrons. The fraction of sp³-hybridized carbons (Fsp3) is 0.378. The number of aryl methyl sites for hydroxylation is 1. The minimum Gasteiger partial charge on any atom is -0.491 e. The lowest BCUT2D eigenvalue weighted by atomic mass is 10.1. The van der Waals surface area contributed by atoms with E-state index in [1.165, 1.54) is 0 Å². The van der Waals surface area contributed by atoms with E-state index in [1.54, 1.807) is 33.9 Å². The normalized spacial score (nSPS) is 20.0. The molecule has 11 nitrogen and oxygen atoms in total. The second-order valence-electron chi connectivity index (χ2n) is 12.8. The van der Waals surface area contributed by atoms with Gasteiger partial charge in [0.15, 0.2) is 0 Å². The zero-order valence-corrected chi connectivity index (χ0v) is 29.9. The van der Waals surface area contributed by atoms with E-state index < -0.39 is 5.79 Å². The topological polar surface area (TPSA) is 91.8 Å². The summed E-state index contributed by atoms with van der Waals surface area (Å²) in [6.45, 7) is 10.6. The molecule has 0 spiro atoms. The van der Waals surface area contributed by atoms with Crippen LogP contribution in [0.4, 0.5) is 11.4 Å². The average Bonchev–Trinajstić information content (AvgIpc) is 3.86. The minimum atomic E-state index is -1.11. The number of anilines is 2. The molecule has 2 fully saturated rings. The summed E-state index contributed by atoms with van der Waals surface area (Å²) in [5.41, 5.74) is 3.70. The maximum absolute atomic E-state index is 12.8. The Balaban J connectivity index is 0.932. The molecule has 5 aromatic rings. The summed E-state index contributed by atoms with van der Waals surface area (Å²) in [5, 5.41) is 5.32. The van der Waals surface area contributed by atoms with Crippen molar-refractivity contribution in [1.29, 1.82) is 0 Å². The number of rotatable bonds is 11. The van der Waals surface area contributed by atoms with Crippen LogP contribution in [0.5, 0.6) is 5.75 Å². The predicted molar refractivity (Wildman–Crippen MR) is 195 cm³/mol. The van der Waals surface area contributed by atoms with Crippen LogP contribution >= 0.6 is 23.2 Å². The number of imidazole rings is 1. The highest BCUT2D eigenvalue weighted by atomic mass is 35.5. The summed E-state index contributed by atoms with van der Waals surface area (Å²) >= 11 is 12.8. The van der Waals surface area contributed by atoms with Crippen molar-refractivity contribution in [3.8, 4) is 11.4 Å².